The van der Waals surface area contributed by atoms with Gasteiger partial charge in [-0.25, -0.2) is 4.79 Å². The number of aliphatic hydroxyl groups is 1. The Kier molecular flexibility index (Phi) is 10.7. The largest absolute Gasteiger partial charge is 0.494 e. The Morgan fingerprint density at radius 2 is 1.43 bits per heavy atom. The molecular weight excluding hydrogens is 586 g/mol. The minimum absolute atomic E-state index is 0.236. The second-order valence-electron chi connectivity index (χ2n) is 10.8. The highest BCUT2D eigenvalue weighted by Crippen LogP contribution is 2.55. The van der Waals surface area contributed by atoms with Crippen molar-refractivity contribution in [2.75, 3.05) is 26.2 Å². The lowest BCUT2D eigenvalue weighted by atomic mass is 9.77. The Hall–Kier alpha value is -3.92. The van der Waals surface area contributed by atoms with Crippen molar-refractivity contribution < 1.29 is 38.8 Å². The summed E-state index contributed by atoms with van der Waals surface area (Å²) >= 11 is 7.39. The highest BCUT2D eigenvalue weighted by Gasteiger charge is 2.64. The van der Waals surface area contributed by atoms with Crippen molar-refractivity contribution >= 4 is 29.5 Å². The molecule has 3 aromatic carbocycles. The number of ether oxygens (including phenoxy) is 3. The number of hydrogen-bond acceptors (Lipinski definition) is 8. The van der Waals surface area contributed by atoms with Crippen molar-refractivity contribution in [3.05, 3.63) is 102 Å². The molecule has 44 heavy (non-hydrogen) atoms. The van der Waals surface area contributed by atoms with Gasteiger partial charge in [0.1, 0.15) is 5.75 Å². The number of hydrogen-bond donors (Lipinski definition) is 2. The number of alkyl halides is 1. The quantitative estimate of drug-likeness (QED) is 0.150. The first-order valence-corrected chi connectivity index (χ1v) is 15.1. The molecule has 1 aliphatic rings. The highest BCUT2D eigenvalue weighted by molar-refractivity contribution is 6.25. The number of benzene rings is 3. The Balaban J connectivity index is 1.78. The predicted octanol–water partition coefficient (Wildman–Crippen LogP) is 5.22. The SMILES string of the molecule is CCN(CC)CCCCOc1ccc(C2(c3ccccc3)OC(=O)CC(O)(CC(=O)O)C(=O)OC2(Cl)c2ccccc2)cc1. The molecule has 2 N–H and O–H groups in total. The molecule has 0 spiro atoms. The van der Waals surface area contributed by atoms with Crippen molar-refractivity contribution in [2.24, 2.45) is 0 Å². The Morgan fingerprint density at radius 3 is 2.00 bits per heavy atom. The number of carbonyl (C=O) groups is 3. The lowest BCUT2D eigenvalue weighted by Gasteiger charge is -2.48. The highest BCUT2D eigenvalue weighted by atomic mass is 35.5. The minimum atomic E-state index is -2.70. The minimum Gasteiger partial charge on any atom is -0.494 e. The zero-order valence-corrected chi connectivity index (χ0v) is 25.7. The van der Waals surface area contributed by atoms with Gasteiger partial charge >= 0.3 is 17.9 Å². The molecule has 1 saturated heterocycles. The number of nitrogens with zero attached hydrogens (tertiary/aromatic N) is 1. The van der Waals surface area contributed by atoms with Crippen LogP contribution in [0.25, 0.3) is 0 Å². The number of cyclic esters (lactones) is 2. The molecule has 1 heterocycles. The first-order valence-electron chi connectivity index (χ1n) is 14.7. The van der Waals surface area contributed by atoms with Crippen LogP contribution in [-0.2, 0) is 34.5 Å². The third kappa shape index (κ3) is 6.90. The molecule has 0 amide bonds. The van der Waals surface area contributed by atoms with Gasteiger partial charge in [0.15, 0.2) is 5.60 Å². The second-order valence-corrected chi connectivity index (χ2v) is 11.3. The fraction of sp³-hybridized carbons (Fsp3) is 0.382. The van der Waals surface area contributed by atoms with E-state index < -0.39 is 47.0 Å². The summed E-state index contributed by atoms with van der Waals surface area (Å²) in [4.78, 5) is 41.0. The fourth-order valence-electron chi connectivity index (χ4n) is 5.46. The van der Waals surface area contributed by atoms with E-state index in [1.54, 1.807) is 84.9 Å². The molecule has 0 saturated carbocycles. The summed E-state index contributed by atoms with van der Waals surface area (Å²) in [5, 5.41) is 18.2. The average Bonchev–Trinajstić information content (AvgIpc) is 3.02. The number of esters is 2. The molecule has 10 heteroatoms. The molecule has 3 aromatic rings. The molecule has 4 rings (SSSR count). The van der Waals surface area contributed by atoms with E-state index in [0.29, 0.717) is 23.5 Å². The molecular formula is C34H38ClNO8. The molecule has 0 radical (unpaired) electrons. The molecule has 3 atom stereocenters. The second kappa shape index (κ2) is 14.2. The van der Waals surface area contributed by atoms with E-state index in [4.69, 9.17) is 25.8 Å². The maximum Gasteiger partial charge on any atom is 0.341 e. The lowest BCUT2D eigenvalue weighted by Crippen LogP contribution is -2.58. The van der Waals surface area contributed by atoms with E-state index >= 15 is 0 Å². The number of carboxylic acid groups (broad SMARTS) is 1. The zero-order valence-electron chi connectivity index (χ0n) is 24.9. The van der Waals surface area contributed by atoms with Gasteiger partial charge in [0.05, 0.1) is 19.4 Å². The number of halogens is 1. The molecule has 1 aliphatic heterocycles. The number of rotatable bonds is 13. The van der Waals surface area contributed by atoms with E-state index in [0.717, 1.165) is 32.5 Å². The van der Waals surface area contributed by atoms with Gasteiger partial charge in [0, 0.05) is 16.7 Å². The normalized spacial score (nSPS) is 23.8. The van der Waals surface area contributed by atoms with Crippen LogP contribution in [0.2, 0.25) is 0 Å². The first-order chi connectivity index (χ1) is 21.1. The Morgan fingerprint density at radius 1 is 0.864 bits per heavy atom. The summed E-state index contributed by atoms with van der Waals surface area (Å²) in [6.45, 7) is 7.81. The fourth-order valence-corrected chi connectivity index (χ4v) is 5.91. The van der Waals surface area contributed by atoms with Crippen LogP contribution in [-0.4, -0.2) is 64.9 Å². The van der Waals surface area contributed by atoms with Crippen molar-refractivity contribution in [2.45, 2.75) is 55.8 Å². The van der Waals surface area contributed by atoms with E-state index in [1.807, 2.05) is 0 Å². The summed E-state index contributed by atoms with van der Waals surface area (Å²) in [5.74, 6) is -3.32. The van der Waals surface area contributed by atoms with E-state index in [1.165, 1.54) is 0 Å². The van der Waals surface area contributed by atoms with Gasteiger partial charge in [-0.3, -0.25) is 9.59 Å². The van der Waals surface area contributed by atoms with E-state index in [2.05, 4.69) is 18.7 Å². The number of aliphatic carboxylic acids is 1. The smallest absolute Gasteiger partial charge is 0.341 e. The van der Waals surface area contributed by atoms with Crippen LogP contribution in [0.15, 0.2) is 84.9 Å². The third-order valence-electron chi connectivity index (χ3n) is 7.83. The van der Waals surface area contributed by atoms with Crippen molar-refractivity contribution in [3.8, 4) is 5.75 Å². The summed E-state index contributed by atoms with van der Waals surface area (Å²) < 4.78 is 18.1. The first kappa shape index (κ1) is 33.0. The summed E-state index contributed by atoms with van der Waals surface area (Å²) in [6.07, 6.45) is -0.165. The van der Waals surface area contributed by atoms with Crippen LogP contribution < -0.4 is 4.74 Å². The molecule has 234 valence electrons. The molecule has 0 aromatic heterocycles. The van der Waals surface area contributed by atoms with Crippen LogP contribution in [0, 0.1) is 0 Å². The van der Waals surface area contributed by atoms with Gasteiger partial charge in [-0.1, -0.05) is 98.2 Å². The number of carboxylic acids is 1. The summed E-state index contributed by atoms with van der Waals surface area (Å²) in [5.41, 5.74) is -3.68. The zero-order chi connectivity index (χ0) is 31.8. The number of unbranched alkanes of at least 4 members (excludes halogenated alkanes) is 1. The van der Waals surface area contributed by atoms with Gasteiger partial charge in [-0.05, 0) is 44.6 Å². The third-order valence-corrected chi connectivity index (χ3v) is 8.39. The van der Waals surface area contributed by atoms with Crippen LogP contribution >= 0.6 is 11.6 Å². The predicted molar refractivity (Wildman–Crippen MR) is 164 cm³/mol. The van der Waals surface area contributed by atoms with Crippen molar-refractivity contribution in [1.82, 2.24) is 4.90 Å². The molecule has 0 bridgehead atoms. The van der Waals surface area contributed by atoms with Gasteiger partial charge < -0.3 is 29.3 Å². The van der Waals surface area contributed by atoms with Crippen LogP contribution in [0.3, 0.4) is 0 Å². The van der Waals surface area contributed by atoms with Gasteiger partial charge in [-0.15, -0.1) is 0 Å². The van der Waals surface area contributed by atoms with Crippen LogP contribution in [0.1, 0.15) is 56.2 Å². The number of carbonyl (C=O) groups excluding carboxylic acids is 2. The van der Waals surface area contributed by atoms with Gasteiger partial charge in [0.25, 0.3) is 5.06 Å². The standard InChI is InChI=1S/C34H38ClNO8/c1-3-36(4-2)21-11-12-22-42-28-19-17-26(18-20-28)33(25-13-7-5-8-14-25)34(35,27-15-9-6-10-16-27)44-31(40)32(41,23-29(37)38)24-30(39)43-33/h5-10,13-20,41H,3-4,11-12,21-24H2,1-2H3,(H,37,38). The van der Waals surface area contributed by atoms with Crippen LogP contribution in [0.4, 0.5) is 0 Å². The van der Waals surface area contributed by atoms with Gasteiger partial charge in [0.2, 0.25) is 5.60 Å². The topological polar surface area (TPSA) is 123 Å². The summed E-state index contributed by atoms with van der Waals surface area (Å²) in [6, 6.07) is 23.7. The molecule has 9 nitrogen and oxygen atoms in total. The van der Waals surface area contributed by atoms with Crippen molar-refractivity contribution in [1.29, 1.82) is 0 Å². The molecule has 0 aliphatic carbocycles. The average molecular weight is 624 g/mol. The van der Waals surface area contributed by atoms with E-state index in [-0.39, 0.29) is 5.56 Å². The van der Waals surface area contributed by atoms with Crippen LogP contribution in [0.5, 0.6) is 5.75 Å². The van der Waals surface area contributed by atoms with Gasteiger partial charge in [-0.2, -0.15) is 0 Å². The lowest BCUT2D eigenvalue weighted by molar-refractivity contribution is -0.219. The van der Waals surface area contributed by atoms with E-state index in [9.17, 15) is 24.6 Å². The van der Waals surface area contributed by atoms with Crippen molar-refractivity contribution in [3.63, 3.8) is 0 Å². The Bertz CT molecular complexity index is 1420. The Labute approximate surface area is 262 Å². The summed E-state index contributed by atoms with van der Waals surface area (Å²) in [7, 11) is 0. The maximum atomic E-state index is 13.6. The molecule has 3 unspecified atom stereocenters. The maximum absolute atomic E-state index is 13.6. The monoisotopic (exact) mass is 623 g/mol. The molecule has 1 fully saturated rings.